The highest BCUT2D eigenvalue weighted by Gasteiger charge is 2.43. The van der Waals surface area contributed by atoms with Crippen LogP contribution in [-0.2, 0) is 9.59 Å². The molecule has 0 spiro atoms. The molecular weight excluding hydrogens is 226 g/mol. The van der Waals surface area contributed by atoms with Gasteiger partial charge in [0.2, 0.25) is 5.91 Å². The number of rotatable bonds is 3. The summed E-state index contributed by atoms with van der Waals surface area (Å²) in [6.45, 7) is 2.91. The highest BCUT2D eigenvalue weighted by molar-refractivity contribution is 5.88. The molecule has 2 bridgehead atoms. The second kappa shape index (κ2) is 4.67. The molecule has 18 heavy (non-hydrogen) atoms. The number of nitrogens with zero attached hydrogens (tertiary/aromatic N) is 1. The fourth-order valence-electron chi connectivity index (χ4n) is 3.90. The molecule has 3 fully saturated rings. The van der Waals surface area contributed by atoms with E-state index in [1.54, 1.807) is 0 Å². The van der Waals surface area contributed by atoms with Crippen molar-refractivity contribution in [3.05, 3.63) is 0 Å². The molecule has 3 saturated carbocycles. The molecule has 3 aliphatic carbocycles. The summed E-state index contributed by atoms with van der Waals surface area (Å²) in [6.07, 6.45) is 7.25. The zero-order valence-electron chi connectivity index (χ0n) is 11.2. The first-order valence-corrected chi connectivity index (χ1v) is 7.55. The summed E-state index contributed by atoms with van der Waals surface area (Å²) < 4.78 is 0. The van der Waals surface area contributed by atoms with E-state index in [1.807, 2.05) is 0 Å². The number of fused-ring (bicyclic) bond motifs is 2. The minimum atomic E-state index is 0.138. The maximum Gasteiger partial charge on any atom is 0.225 e. The van der Waals surface area contributed by atoms with Gasteiger partial charge < -0.3 is 4.90 Å². The maximum atomic E-state index is 12.6. The number of amides is 1. The Morgan fingerprint density at radius 2 is 1.78 bits per heavy atom. The van der Waals surface area contributed by atoms with Gasteiger partial charge in [-0.3, -0.25) is 9.59 Å². The van der Waals surface area contributed by atoms with Crippen molar-refractivity contribution in [2.45, 2.75) is 57.9 Å². The second-order valence-electron chi connectivity index (χ2n) is 6.25. The lowest BCUT2D eigenvalue weighted by Crippen LogP contribution is -2.44. The van der Waals surface area contributed by atoms with Crippen LogP contribution in [0.4, 0.5) is 0 Å². The summed E-state index contributed by atoms with van der Waals surface area (Å²) in [5, 5.41) is 0. The van der Waals surface area contributed by atoms with Crippen LogP contribution in [0.5, 0.6) is 0 Å². The van der Waals surface area contributed by atoms with Crippen LogP contribution in [-0.4, -0.2) is 29.2 Å². The summed E-state index contributed by atoms with van der Waals surface area (Å²) in [5.41, 5.74) is 0. The number of carbonyl (C=O) groups excluding carboxylic acids is 2. The average molecular weight is 249 g/mol. The van der Waals surface area contributed by atoms with Crippen molar-refractivity contribution in [2.24, 2.45) is 17.8 Å². The zero-order valence-corrected chi connectivity index (χ0v) is 11.2. The van der Waals surface area contributed by atoms with E-state index in [4.69, 9.17) is 0 Å². The lowest BCUT2D eigenvalue weighted by atomic mass is 9.67. The van der Waals surface area contributed by atoms with Gasteiger partial charge in [-0.05, 0) is 45.4 Å². The normalized spacial score (nSPS) is 35.4. The number of ketones is 1. The Bertz CT molecular complexity index is 346. The van der Waals surface area contributed by atoms with Crippen molar-refractivity contribution in [1.82, 2.24) is 4.90 Å². The topological polar surface area (TPSA) is 37.4 Å². The van der Waals surface area contributed by atoms with Crippen LogP contribution < -0.4 is 0 Å². The molecule has 3 aliphatic rings. The molecular formula is C15H23NO2. The molecule has 2 atom stereocenters. The van der Waals surface area contributed by atoms with E-state index in [0.29, 0.717) is 17.7 Å². The minimum Gasteiger partial charge on any atom is -0.340 e. The third kappa shape index (κ3) is 2.08. The van der Waals surface area contributed by atoms with Crippen LogP contribution in [0.15, 0.2) is 0 Å². The fourth-order valence-corrected chi connectivity index (χ4v) is 3.90. The van der Waals surface area contributed by atoms with Crippen LogP contribution in [0.3, 0.4) is 0 Å². The van der Waals surface area contributed by atoms with Crippen LogP contribution in [0.2, 0.25) is 0 Å². The van der Waals surface area contributed by atoms with Gasteiger partial charge in [0, 0.05) is 30.3 Å². The van der Waals surface area contributed by atoms with Gasteiger partial charge in [0.1, 0.15) is 5.78 Å². The largest absolute Gasteiger partial charge is 0.340 e. The van der Waals surface area contributed by atoms with Gasteiger partial charge in [0.15, 0.2) is 0 Å². The standard InChI is InChI=1S/C15H23NO2/c1-2-16(13-6-7-13)15(18)12-8-10-4-3-5-11(9-12)14(10)17/h10-13H,2-9H2,1H3. The Morgan fingerprint density at radius 1 is 1.17 bits per heavy atom. The summed E-state index contributed by atoms with van der Waals surface area (Å²) >= 11 is 0. The third-order valence-corrected chi connectivity index (χ3v) is 5.01. The minimum absolute atomic E-state index is 0.138. The summed E-state index contributed by atoms with van der Waals surface area (Å²) in [6, 6.07) is 0.514. The first-order chi connectivity index (χ1) is 8.70. The molecule has 0 aliphatic heterocycles. The van der Waals surface area contributed by atoms with Gasteiger partial charge in [-0.1, -0.05) is 6.42 Å². The molecule has 100 valence electrons. The molecule has 0 radical (unpaired) electrons. The van der Waals surface area contributed by atoms with E-state index in [1.165, 1.54) is 19.3 Å². The molecule has 0 saturated heterocycles. The fraction of sp³-hybridized carbons (Fsp3) is 0.867. The SMILES string of the molecule is CCN(C(=O)C1CC2CCCC(C1)C2=O)C1CC1. The molecule has 0 aromatic heterocycles. The number of Topliss-reactive ketones (excluding diaryl/α,β-unsaturated/α-hetero) is 1. The zero-order chi connectivity index (χ0) is 12.7. The molecule has 0 heterocycles. The quantitative estimate of drug-likeness (QED) is 0.770. The lowest BCUT2D eigenvalue weighted by Gasteiger charge is -2.38. The van der Waals surface area contributed by atoms with E-state index < -0.39 is 0 Å². The van der Waals surface area contributed by atoms with Crippen molar-refractivity contribution >= 4 is 11.7 Å². The van der Waals surface area contributed by atoms with E-state index >= 15 is 0 Å². The molecule has 0 aromatic carbocycles. The second-order valence-corrected chi connectivity index (χ2v) is 6.25. The van der Waals surface area contributed by atoms with Gasteiger partial charge in [-0.25, -0.2) is 0 Å². The first-order valence-electron chi connectivity index (χ1n) is 7.55. The molecule has 1 amide bonds. The number of hydrogen-bond donors (Lipinski definition) is 0. The van der Waals surface area contributed by atoms with Gasteiger partial charge in [-0.15, -0.1) is 0 Å². The predicted octanol–water partition coefficient (Wildman–Crippen LogP) is 2.39. The van der Waals surface area contributed by atoms with Crippen molar-refractivity contribution in [3.8, 4) is 0 Å². The Hall–Kier alpha value is -0.860. The van der Waals surface area contributed by atoms with Crippen LogP contribution >= 0.6 is 0 Å². The van der Waals surface area contributed by atoms with Crippen molar-refractivity contribution in [1.29, 1.82) is 0 Å². The number of carbonyl (C=O) groups is 2. The Balaban J connectivity index is 1.69. The van der Waals surface area contributed by atoms with Gasteiger partial charge >= 0.3 is 0 Å². The highest BCUT2D eigenvalue weighted by atomic mass is 16.2. The highest BCUT2D eigenvalue weighted by Crippen LogP contribution is 2.41. The lowest BCUT2D eigenvalue weighted by molar-refractivity contribution is -0.143. The van der Waals surface area contributed by atoms with Gasteiger partial charge in [-0.2, -0.15) is 0 Å². The summed E-state index contributed by atoms with van der Waals surface area (Å²) in [5.74, 6) is 1.33. The molecule has 3 heteroatoms. The van der Waals surface area contributed by atoms with Crippen molar-refractivity contribution < 1.29 is 9.59 Å². The van der Waals surface area contributed by atoms with E-state index in [9.17, 15) is 9.59 Å². The van der Waals surface area contributed by atoms with E-state index in [2.05, 4.69) is 11.8 Å². The molecule has 0 N–H and O–H groups in total. The van der Waals surface area contributed by atoms with Crippen LogP contribution in [0, 0.1) is 17.8 Å². The van der Waals surface area contributed by atoms with Crippen molar-refractivity contribution in [3.63, 3.8) is 0 Å². The van der Waals surface area contributed by atoms with Crippen LogP contribution in [0.1, 0.15) is 51.9 Å². The number of hydrogen-bond acceptors (Lipinski definition) is 2. The van der Waals surface area contributed by atoms with E-state index in [0.717, 1.165) is 32.2 Å². The van der Waals surface area contributed by atoms with E-state index in [-0.39, 0.29) is 17.8 Å². The molecule has 0 aromatic rings. The third-order valence-electron chi connectivity index (χ3n) is 5.01. The van der Waals surface area contributed by atoms with Gasteiger partial charge in [0.05, 0.1) is 0 Å². The summed E-state index contributed by atoms with van der Waals surface area (Å²) in [4.78, 5) is 26.7. The first kappa shape index (κ1) is 12.2. The Kier molecular flexibility index (Phi) is 3.16. The van der Waals surface area contributed by atoms with Gasteiger partial charge in [0.25, 0.3) is 0 Å². The maximum absolute atomic E-state index is 12.6. The molecule has 2 unspecified atom stereocenters. The average Bonchev–Trinajstić information content (AvgIpc) is 3.14. The smallest absolute Gasteiger partial charge is 0.225 e. The predicted molar refractivity (Wildman–Crippen MR) is 69.0 cm³/mol. The Labute approximate surface area is 109 Å². The molecule has 3 rings (SSSR count). The Morgan fingerprint density at radius 3 is 2.28 bits per heavy atom. The molecule has 3 nitrogen and oxygen atoms in total. The monoisotopic (exact) mass is 249 g/mol. The van der Waals surface area contributed by atoms with Crippen molar-refractivity contribution in [2.75, 3.05) is 6.54 Å². The van der Waals surface area contributed by atoms with Crippen LogP contribution in [0.25, 0.3) is 0 Å². The summed E-state index contributed by atoms with van der Waals surface area (Å²) in [7, 11) is 0.